The van der Waals surface area contributed by atoms with Crippen molar-refractivity contribution in [3.63, 3.8) is 0 Å². The molecule has 0 saturated carbocycles. The predicted molar refractivity (Wildman–Crippen MR) is 108 cm³/mol. The van der Waals surface area contributed by atoms with E-state index in [1.165, 1.54) is 5.56 Å². The van der Waals surface area contributed by atoms with Gasteiger partial charge in [0.1, 0.15) is 11.4 Å². The van der Waals surface area contributed by atoms with Gasteiger partial charge in [-0.1, -0.05) is 57.7 Å². The number of aromatic nitrogens is 3. The summed E-state index contributed by atoms with van der Waals surface area (Å²) >= 11 is 0. The van der Waals surface area contributed by atoms with Crippen LogP contribution in [0.1, 0.15) is 26.3 Å². The van der Waals surface area contributed by atoms with Gasteiger partial charge in [-0.05, 0) is 47.4 Å². The molecule has 0 amide bonds. The molecule has 4 heteroatoms. The highest BCUT2D eigenvalue weighted by Gasteiger charge is 2.20. The van der Waals surface area contributed by atoms with Gasteiger partial charge in [-0.25, -0.2) is 9.13 Å². The van der Waals surface area contributed by atoms with E-state index in [0.717, 1.165) is 22.5 Å². The number of rotatable bonds is 2. The average molecular weight is 353 g/mol. The first-order valence-corrected chi connectivity index (χ1v) is 8.95. The molecule has 2 heterocycles. The van der Waals surface area contributed by atoms with Crippen LogP contribution in [0.2, 0.25) is 0 Å². The number of para-hydroxylation sites is 1. The molecule has 2 aromatic carbocycles. The van der Waals surface area contributed by atoms with Crippen LogP contribution in [-0.2, 0) is 5.41 Å². The summed E-state index contributed by atoms with van der Waals surface area (Å²) in [6.45, 7) is 13.9. The zero-order valence-corrected chi connectivity index (χ0v) is 15.7. The van der Waals surface area contributed by atoms with Gasteiger partial charge < -0.3 is 4.85 Å². The van der Waals surface area contributed by atoms with Gasteiger partial charge in [0.05, 0.1) is 0 Å². The molecule has 0 atom stereocenters. The molecular weight excluding hydrogens is 332 g/mol. The van der Waals surface area contributed by atoms with Crippen molar-refractivity contribution < 1.29 is 4.57 Å². The fourth-order valence-corrected chi connectivity index (χ4v) is 3.20. The minimum Gasteiger partial charge on any atom is -0.368 e. The lowest BCUT2D eigenvalue weighted by Gasteiger charge is -2.18. The summed E-state index contributed by atoms with van der Waals surface area (Å²) in [6.07, 6.45) is 2.03. The van der Waals surface area contributed by atoms with E-state index in [-0.39, 0.29) is 5.41 Å². The summed E-state index contributed by atoms with van der Waals surface area (Å²) in [5.41, 5.74) is 5.24. The molecule has 0 fully saturated rings. The summed E-state index contributed by atoms with van der Waals surface area (Å²) in [5.74, 6) is 0.396. The van der Waals surface area contributed by atoms with Gasteiger partial charge in [-0.3, -0.25) is 0 Å². The number of imidazole rings is 1. The lowest BCUT2D eigenvalue weighted by Crippen LogP contribution is -2.29. The number of hydrogen-bond acceptors (Lipinski definition) is 1. The van der Waals surface area contributed by atoms with Crippen LogP contribution in [-0.4, -0.2) is 9.55 Å². The van der Waals surface area contributed by atoms with Gasteiger partial charge in [0.25, 0.3) is 5.65 Å². The van der Waals surface area contributed by atoms with Gasteiger partial charge in [0, 0.05) is 0 Å². The van der Waals surface area contributed by atoms with Crippen LogP contribution in [0, 0.1) is 6.57 Å². The Kier molecular flexibility index (Phi) is 4.01. The van der Waals surface area contributed by atoms with Crippen molar-refractivity contribution in [3.05, 3.63) is 90.0 Å². The number of fused-ring (bicyclic) bond motifs is 1. The molecule has 0 aliphatic carbocycles. The van der Waals surface area contributed by atoms with E-state index in [1.807, 2.05) is 47.3 Å². The Hall–Kier alpha value is -3.45. The van der Waals surface area contributed by atoms with E-state index < -0.39 is 0 Å². The largest absolute Gasteiger partial charge is 0.368 e. The minimum atomic E-state index is 0.118. The summed E-state index contributed by atoms with van der Waals surface area (Å²) in [6, 6.07) is 22.4. The van der Waals surface area contributed by atoms with Gasteiger partial charge in [0.15, 0.2) is 5.52 Å². The lowest BCUT2D eigenvalue weighted by atomic mass is 9.87. The Morgan fingerprint density at radius 2 is 1.63 bits per heavy atom. The van der Waals surface area contributed by atoms with Crippen molar-refractivity contribution in [1.29, 1.82) is 0 Å². The molecular formula is C23H21N4+. The van der Waals surface area contributed by atoms with E-state index >= 15 is 0 Å². The normalized spacial score (nSPS) is 11.5. The number of hydrogen-bond donors (Lipinski definition) is 0. The van der Waals surface area contributed by atoms with Crippen LogP contribution in [0.5, 0.6) is 0 Å². The Morgan fingerprint density at radius 1 is 0.926 bits per heavy atom. The standard InChI is InChI=1S/C23H21N4/c1-23(2,3)17-10-12-19(13-11-17)26-16-27(18-8-6-5-7-9-18)22-20(26)14-15-21(24-4)25-22/h5-16H,1-3H3/q+1. The predicted octanol–water partition coefficient (Wildman–Crippen LogP) is 5.15. The quantitative estimate of drug-likeness (QED) is 0.361. The first-order chi connectivity index (χ1) is 13.0. The minimum absolute atomic E-state index is 0.118. The second-order valence-electron chi connectivity index (χ2n) is 7.61. The smallest absolute Gasteiger partial charge is 0.293 e. The fraction of sp³-hybridized carbons (Fsp3) is 0.174. The maximum absolute atomic E-state index is 7.29. The van der Waals surface area contributed by atoms with Gasteiger partial charge >= 0.3 is 0 Å². The van der Waals surface area contributed by atoms with Crippen molar-refractivity contribution >= 4 is 17.0 Å². The van der Waals surface area contributed by atoms with Crippen molar-refractivity contribution in [2.24, 2.45) is 0 Å². The zero-order valence-electron chi connectivity index (χ0n) is 15.7. The Labute approximate surface area is 159 Å². The van der Waals surface area contributed by atoms with Crippen LogP contribution in [0.3, 0.4) is 0 Å². The molecule has 4 rings (SSSR count). The summed E-state index contributed by atoms with van der Waals surface area (Å²) in [5, 5.41) is 0. The molecule has 0 N–H and O–H groups in total. The summed E-state index contributed by atoms with van der Waals surface area (Å²) in [4.78, 5) is 8.05. The second kappa shape index (κ2) is 6.37. The third-order valence-electron chi connectivity index (χ3n) is 4.72. The highest BCUT2D eigenvalue weighted by molar-refractivity contribution is 5.73. The molecule has 0 saturated heterocycles. The van der Waals surface area contributed by atoms with Crippen molar-refractivity contribution in [2.45, 2.75) is 26.2 Å². The highest BCUT2D eigenvalue weighted by atomic mass is 15.2. The van der Waals surface area contributed by atoms with E-state index in [4.69, 9.17) is 6.57 Å². The highest BCUT2D eigenvalue weighted by Crippen LogP contribution is 2.25. The molecule has 27 heavy (non-hydrogen) atoms. The first-order valence-electron chi connectivity index (χ1n) is 8.95. The number of nitrogens with zero attached hydrogens (tertiary/aromatic N) is 4. The van der Waals surface area contributed by atoms with Crippen LogP contribution in [0.15, 0.2) is 73.1 Å². The van der Waals surface area contributed by atoms with Gasteiger partial charge in [-0.2, -0.15) is 0 Å². The van der Waals surface area contributed by atoms with Crippen LogP contribution < -0.4 is 4.57 Å². The summed E-state index contributed by atoms with van der Waals surface area (Å²) < 4.78 is 4.15. The zero-order chi connectivity index (χ0) is 19.0. The Balaban J connectivity index is 1.93. The molecule has 0 aliphatic heterocycles. The van der Waals surface area contributed by atoms with Gasteiger partial charge in [-0.15, -0.1) is 4.98 Å². The Morgan fingerprint density at radius 3 is 2.26 bits per heavy atom. The monoisotopic (exact) mass is 353 g/mol. The summed E-state index contributed by atoms with van der Waals surface area (Å²) in [7, 11) is 0. The second-order valence-corrected chi connectivity index (χ2v) is 7.61. The van der Waals surface area contributed by atoms with Crippen LogP contribution in [0.25, 0.3) is 27.4 Å². The maximum atomic E-state index is 7.29. The van der Waals surface area contributed by atoms with Crippen LogP contribution >= 0.6 is 0 Å². The molecule has 0 radical (unpaired) electrons. The number of pyridine rings is 1. The third-order valence-corrected chi connectivity index (χ3v) is 4.72. The average Bonchev–Trinajstić information content (AvgIpc) is 3.07. The van der Waals surface area contributed by atoms with E-state index in [9.17, 15) is 0 Å². The fourth-order valence-electron chi connectivity index (χ4n) is 3.20. The molecule has 0 aliphatic rings. The SMILES string of the molecule is [C-]#[N+]c1ccc2c(n1)[n+](-c1ccccc1)cn2-c1ccc(C(C)(C)C)cc1. The molecule has 2 aromatic heterocycles. The first kappa shape index (κ1) is 17.0. The molecule has 132 valence electrons. The third kappa shape index (κ3) is 3.09. The van der Waals surface area contributed by atoms with Crippen LogP contribution in [0.4, 0.5) is 5.82 Å². The molecule has 4 nitrogen and oxygen atoms in total. The van der Waals surface area contributed by atoms with Crippen molar-refractivity contribution in [2.75, 3.05) is 0 Å². The lowest BCUT2D eigenvalue weighted by molar-refractivity contribution is -0.569. The molecule has 0 bridgehead atoms. The van der Waals surface area contributed by atoms with Crippen molar-refractivity contribution in [3.8, 4) is 11.4 Å². The van der Waals surface area contributed by atoms with E-state index in [0.29, 0.717) is 5.82 Å². The molecule has 4 aromatic rings. The molecule has 0 unspecified atom stereocenters. The maximum Gasteiger partial charge on any atom is 0.293 e. The Bertz CT molecular complexity index is 1140. The van der Waals surface area contributed by atoms with E-state index in [2.05, 4.69) is 59.4 Å². The van der Waals surface area contributed by atoms with E-state index in [1.54, 1.807) is 6.07 Å². The number of benzene rings is 2. The topological polar surface area (TPSA) is 26.1 Å². The van der Waals surface area contributed by atoms with Gasteiger partial charge in [0.2, 0.25) is 12.1 Å². The molecule has 0 spiro atoms. The van der Waals surface area contributed by atoms with Crippen molar-refractivity contribution in [1.82, 2.24) is 9.55 Å².